The predicted molar refractivity (Wildman–Crippen MR) is 81.3 cm³/mol. The van der Waals surface area contributed by atoms with Crippen LogP contribution in [0.2, 0.25) is 0 Å². The van der Waals surface area contributed by atoms with Gasteiger partial charge in [-0.25, -0.2) is 9.48 Å². The topological polar surface area (TPSA) is 98.6 Å². The molecule has 0 bridgehead atoms. The Bertz CT molecular complexity index is 926. The fourth-order valence-corrected chi connectivity index (χ4v) is 2.47. The maximum absolute atomic E-state index is 12.4. The highest BCUT2D eigenvalue weighted by molar-refractivity contribution is 6.21. The van der Waals surface area contributed by atoms with Crippen LogP contribution < -0.4 is 5.56 Å². The van der Waals surface area contributed by atoms with Crippen molar-refractivity contribution in [1.82, 2.24) is 14.8 Å². The van der Waals surface area contributed by atoms with E-state index in [1.807, 2.05) is 0 Å². The molecule has 1 aromatic carbocycles. The van der Waals surface area contributed by atoms with Crippen molar-refractivity contribution in [1.29, 1.82) is 0 Å². The smallest absolute Gasteiger partial charge is 0.324 e. The van der Waals surface area contributed by atoms with E-state index in [0.29, 0.717) is 16.3 Å². The number of carbonyl (C=O) groups is 3. The lowest BCUT2D eigenvalue weighted by Crippen LogP contribution is -2.36. The van der Waals surface area contributed by atoms with Gasteiger partial charge in [-0.3, -0.25) is 14.4 Å². The monoisotopic (exact) mass is 327 g/mol. The number of nitrogens with zero attached hydrogens (tertiary/aromatic N) is 3. The molecule has 0 saturated carbocycles. The Balaban J connectivity index is 1.97. The standard InChI is InChI=1S/C16H13N3O5/c1-8-9(2)17-18(3)15(22)12(8)16(23)24-19-13(20)10-6-4-5-7-11(10)14(19)21/h4-7H,1-3H3. The first-order valence-electron chi connectivity index (χ1n) is 7.07. The summed E-state index contributed by atoms with van der Waals surface area (Å²) in [5, 5.41) is 4.34. The van der Waals surface area contributed by atoms with E-state index in [-0.39, 0.29) is 16.7 Å². The van der Waals surface area contributed by atoms with E-state index in [2.05, 4.69) is 5.10 Å². The number of amides is 2. The molecule has 8 nitrogen and oxygen atoms in total. The summed E-state index contributed by atoms with van der Waals surface area (Å²) in [4.78, 5) is 53.9. The van der Waals surface area contributed by atoms with Gasteiger partial charge in [0.2, 0.25) is 0 Å². The molecule has 2 heterocycles. The molecular weight excluding hydrogens is 314 g/mol. The van der Waals surface area contributed by atoms with E-state index in [1.165, 1.54) is 19.2 Å². The van der Waals surface area contributed by atoms with Crippen molar-refractivity contribution in [2.24, 2.45) is 7.05 Å². The molecular formula is C16H13N3O5. The summed E-state index contributed by atoms with van der Waals surface area (Å²) in [7, 11) is 1.40. The molecule has 0 radical (unpaired) electrons. The zero-order valence-electron chi connectivity index (χ0n) is 13.2. The molecule has 0 saturated heterocycles. The van der Waals surface area contributed by atoms with Gasteiger partial charge in [0.1, 0.15) is 5.56 Å². The van der Waals surface area contributed by atoms with E-state index in [0.717, 1.165) is 4.68 Å². The molecule has 0 atom stereocenters. The number of benzene rings is 1. The van der Waals surface area contributed by atoms with Crippen LogP contribution in [0.1, 0.15) is 42.3 Å². The van der Waals surface area contributed by atoms with Gasteiger partial charge in [0.25, 0.3) is 17.4 Å². The summed E-state index contributed by atoms with van der Waals surface area (Å²) in [6.07, 6.45) is 0. The Morgan fingerprint density at radius 2 is 1.58 bits per heavy atom. The number of imide groups is 1. The highest BCUT2D eigenvalue weighted by Crippen LogP contribution is 2.23. The van der Waals surface area contributed by atoms with E-state index >= 15 is 0 Å². The maximum atomic E-state index is 12.4. The number of aromatic nitrogens is 2. The largest absolute Gasteiger partial charge is 0.369 e. The molecule has 2 amide bonds. The molecule has 1 aliphatic rings. The van der Waals surface area contributed by atoms with Gasteiger partial charge in [-0.05, 0) is 31.5 Å². The van der Waals surface area contributed by atoms with Gasteiger partial charge in [-0.2, -0.15) is 5.10 Å². The highest BCUT2D eigenvalue weighted by Gasteiger charge is 2.39. The molecule has 122 valence electrons. The molecule has 0 unspecified atom stereocenters. The van der Waals surface area contributed by atoms with Crippen molar-refractivity contribution < 1.29 is 19.2 Å². The minimum Gasteiger partial charge on any atom is -0.324 e. The second kappa shape index (κ2) is 5.41. The van der Waals surface area contributed by atoms with Crippen molar-refractivity contribution >= 4 is 17.8 Å². The minimum atomic E-state index is -1.08. The Morgan fingerprint density at radius 1 is 1.04 bits per heavy atom. The number of hydrogen-bond donors (Lipinski definition) is 0. The predicted octanol–water partition coefficient (Wildman–Crippen LogP) is 0.765. The first-order chi connectivity index (χ1) is 11.3. The van der Waals surface area contributed by atoms with Crippen LogP contribution in [-0.2, 0) is 11.9 Å². The van der Waals surface area contributed by atoms with Gasteiger partial charge >= 0.3 is 5.97 Å². The molecule has 0 fully saturated rings. The van der Waals surface area contributed by atoms with E-state index in [9.17, 15) is 19.2 Å². The van der Waals surface area contributed by atoms with E-state index < -0.39 is 23.3 Å². The first kappa shape index (κ1) is 15.6. The number of fused-ring (bicyclic) bond motifs is 1. The van der Waals surface area contributed by atoms with Gasteiger partial charge in [0, 0.05) is 7.05 Å². The SMILES string of the molecule is Cc1nn(C)c(=O)c(C(=O)ON2C(=O)c3ccccc3C2=O)c1C. The van der Waals surface area contributed by atoms with Crippen LogP contribution >= 0.6 is 0 Å². The number of aryl methyl sites for hydroxylation is 2. The van der Waals surface area contributed by atoms with Crippen LogP contribution in [0, 0.1) is 13.8 Å². The molecule has 1 aromatic heterocycles. The Morgan fingerprint density at radius 3 is 2.12 bits per heavy atom. The number of hydroxylamine groups is 2. The van der Waals surface area contributed by atoms with Crippen molar-refractivity contribution in [2.45, 2.75) is 13.8 Å². The van der Waals surface area contributed by atoms with Gasteiger partial charge in [0.05, 0.1) is 16.8 Å². The highest BCUT2D eigenvalue weighted by atomic mass is 16.7. The van der Waals surface area contributed by atoms with Gasteiger partial charge in [-0.1, -0.05) is 17.2 Å². The summed E-state index contributed by atoms with van der Waals surface area (Å²) in [5.74, 6) is -2.57. The van der Waals surface area contributed by atoms with Crippen LogP contribution in [0.3, 0.4) is 0 Å². The van der Waals surface area contributed by atoms with E-state index in [4.69, 9.17) is 4.84 Å². The zero-order valence-corrected chi connectivity index (χ0v) is 13.2. The third-order valence-corrected chi connectivity index (χ3v) is 3.86. The normalized spacial score (nSPS) is 13.2. The fraction of sp³-hybridized carbons (Fsp3) is 0.188. The van der Waals surface area contributed by atoms with Crippen LogP contribution in [-0.4, -0.2) is 32.6 Å². The van der Waals surface area contributed by atoms with Crippen molar-refractivity contribution in [3.05, 3.63) is 62.6 Å². The van der Waals surface area contributed by atoms with Crippen molar-refractivity contribution in [3.8, 4) is 0 Å². The third kappa shape index (κ3) is 2.19. The number of carbonyl (C=O) groups excluding carboxylic acids is 3. The summed E-state index contributed by atoms with van der Waals surface area (Å²) in [6, 6.07) is 6.12. The second-order valence-electron chi connectivity index (χ2n) is 5.34. The molecule has 2 aromatic rings. The Hall–Kier alpha value is -3.29. The molecule has 0 spiro atoms. The second-order valence-corrected chi connectivity index (χ2v) is 5.34. The summed E-state index contributed by atoms with van der Waals surface area (Å²) in [5.41, 5.74) is 0.157. The lowest BCUT2D eigenvalue weighted by molar-refractivity contribution is -0.0587. The molecule has 0 aliphatic carbocycles. The summed E-state index contributed by atoms with van der Waals surface area (Å²) >= 11 is 0. The van der Waals surface area contributed by atoms with Crippen LogP contribution in [0.25, 0.3) is 0 Å². The molecule has 1 aliphatic heterocycles. The van der Waals surface area contributed by atoms with E-state index in [1.54, 1.807) is 26.0 Å². The first-order valence-corrected chi connectivity index (χ1v) is 7.07. The lowest BCUT2D eigenvalue weighted by Gasteiger charge is -2.14. The molecule has 8 heteroatoms. The van der Waals surface area contributed by atoms with Crippen molar-refractivity contribution in [2.75, 3.05) is 0 Å². The quantitative estimate of drug-likeness (QED) is 0.755. The van der Waals surface area contributed by atoms with Crippen LogP contribution in [0.4, 0.5) is 0 Å². The average molecular weight is 327 g/mol. The molecule has 24 heavy (non-hydrogen) atoms. The number of rotatable bonds is 2. The lowest BCUT2D eigenvalue weighted by atomic mass is 10.1. The Kier molecular flexibility index (Phi) is 3.52. The summed E-state index contributed by atoms with van der Waals surface area (Å²) in [6.45, 7) is 3.18. The number of hydrogen-bond acceptors (Lipinski definition) is 6. The maximum Gasteiger partial charge on any atom is 0.369 e. The van der Waals surface area contributed by atoms with Gasteiger partial charge in [-0.15, -0.1) is 0 Å². The third-order valence-electron chi connectivity index (χ3n) is 3.86. The fourth-order valence-electron chi connectivity index (χ4n) is 2.47. The Labute approximate surface area is 136 Å². The van der Waals surface area contributed by atoms with Crippen LogP contribution in [0.15, 0.2) is 29.1 Å². The minimum absolute atomic E-state index is 0.144. The summed E-state index contributed by atoms with van der Waals surface area (Å²) < 4.78 is 1.00. The average Bonchev–Trinajstić information content (AvgIpc) is 2.79. The molecule has 3 rings (SSSR count). The van der Waals surface area contributed by atoms with Gasteiger partial charge in [0.15, 0.2) is 0 Å². The van der Waals surface area contributed by atoms with Crippen molar-refractivity contribution in [3.63, 3.8) is 0 Å². The van der Waals surface area contributed by atoms with Gasteiger partial charge < -0.3 is 4.84 Å². The van der Waals surface area contributed by atoms with Crippen LogP contribution in [0.5, 0.6) is 0 Å². The molecule has 0 N–H and O–H groups in total. The zero-order chi connectivity index (χ0) is 17.6.